The van der Waals surface area contributed by atoms with Gasteiger partial charge in [0.05, 0.1) is 18.5 Å². The van der Waals surface area contributed by atoms with Crippen molar-refractivity contribution in [1.29, 1.82) is 0 Å². The van der Waals surface area contributed by atoms with Crippen LogP contribution in [0.2, 0.25) is 0 Å². The van der Waals surface area contributed by atoms with Gasteiger partial charge in [-0.3, -0.25) is 9.59 Å². The lowest BCUT2D eigenvalue weighted by molar-refractivity contribution is -0.192. The van der Waals surface area contributed by atoms with E-state index < -0.39 is 80.9 Å². The summed E-state index contributed by atoms with van der Waals surface area (Å²) in [5.41, 5.74) is 1.44. The Morgan fingerprint density at radius 1 is 0.860 bits per heavy atom. The van der Waals surface area contributed by atoms with E-state index in [1.165, 1.54) is 35.6 Å². The van der Waals surface area contributed by atoms with Crippen LogP contribution in [0.5, 0.6) is 0 Å². The van der Waals surface area contributed by atoms with Gasteiger partial charge in [-0.05, 0) is 62.8 Å². The zero-order valence-electron chi connectivity index (χ0n) is 28.0. The lowest BCUT2D eigenvalue weighted by Crippen LogP contribution is -2.41. The summed E-state index contributed by atoms with van der Waals surface area (Å²) in [4.78, 5) is 24.8. The zero-order valence-corrected chi connectivity index (χ0v) is 28.8. The van der Waals surface area contributed by atoms with Crippen molar-refractivity contribution in [1.82, 2.24) is 4.31 Å². The summed E-state index contributed by atoms with van der Waals surface area (Å²) in [5, 5.41) is 10.5. The second-order valence-electron chi connectivity index (χ2n) is 13.1. The van der Waals surface area contributed by atoms with E-state index in [9.17, 15) is 45.1 Å². The van der Waals surface area contributed by atoms with Crippen LogP contribution in [0.4, 0.5) is 27.6 Å². The van der Waals surface area contributed by atoms with E-state index in [0.29, 0.717) is 11.5 Å². The molecule has 15 heteroatoms. The van der Waals surface area contributed by atoms with Gasteiger partial charge in [0.1, 0.15) is 0 Å². The Morgan fingerprint density at radius 2 is 1.40 bits per heavy atom. The molecule has 0 saturated heterocycles. The number of aliphatic hydroxyl groups is 1. The van der Waals surface area contributed by atoms with Gasteiger partial charge < -0.3 is 19.5 Å². The van der Waals surface area contributed by atoms with Crippen molar-refractivity contribution < 1.29 is 54.5 Å². The number of nitrogens with zero attached hydrogens (tertiary/aromatic N) is 2. The molecule has 0 aromatic heterocycles. The van der Waals surface area contributed by atoms with Crippen LogP contribution in [-0.2, 0) is 35.6 Å². The molecule has 1 aliphatic carbocycles. The van der Waals surface area contributed by atoms with Crippen LogP contribution in [0.1, 0.15) is 81.8 Å². The van der Waals surface area contributed by atoms with Gasteiger partial charge in [-0.25, -0.2) is 30.4 Å². The third-order valence-electron chi connectivity index (χ3n) is 8.41. The zero-order chi connectivity index (χ0) is 37.0. The molecule has 50 heavy (non-hydrogen) atoms. The molecule has 1 fully saturated rings. The predicted octanol–water partition coefficient (Wildman–Crippen LogP) is 6.84. The maximum absolute atomic E-state index is 14.5. The standard InChI is InChI=1S/C35H39F5N2O7S/c1-35(2,3)34(45)49-20-48-33(44)24-14-16-25(17-15-24)42(18-21-10-12-23(13-11-21)22-8-6-5-7-9-22)26(43)19-41(4)50(46,47)32-30(39)28(37)27(36)29(38)31(32)40/h10-17,22,33,44H,5-9,18-20H2,1-4H3. The highest BCUT2D eigenvalue weighted by Crippen LogP contribution is 2.33. The summed E-state index contributed by atoms with van der Waals surface area (Å²) in [6.45, 7) is 3.26. The number of esters is 1. The largest absolute Gasteiger partial charge is 0.438 e. The average Bonchev–Trinajstić information content (AvgIpc) is 3.09. The number of carbonyl (C=O) groups excluding carboxylic acids is 2. The number of carbonyl (C=O) groups is 2. The van der Waals surface area contributed by atoms with Crippen molar-refractivity contribution in [3.63, 3.8) is 0 Å². The monoisotopic (exact) mass is 726 g/mol. The number of sulfonamides is 1. The Balaban J connectivity index is 1.59. The van der Waals surface area contributed by atoms with Gasteiger partial charge in [0.25, 0.3) is 0 Å². The van der Waals surface area contributed by atoms with Gasteiger partial charge in [0.2, 0.25) is 21.7 Å². The van der Waals surface area contributed by atoms with Crippen LogP contribution in [0.15, 0.2) is 53.4 Å². The first-order chi connectivity index (χ1) is 23.4. The second-order valence-corrected chi connectivity index (χ2v) is 15.1. The van der Waals surface area contributed by atoms with Crippen LogP contribution in [0.3, 0.4) is 0 Å². The molecule has 4 rings (SSSR count). The average molecular weight is 727 g/mol. The van der Waals surface area contributed by atoms with E-state index in [-0.39, 0.29) is 22.1 Å². The summed E-state index contributed by atoms with van der Waals surface area (Å²) in [6, 6.07) is 13.2. The molecule has 0 spiro atoms. The minimum absolute atomic E-state index is 0.0959. The van der Waals surface area contributed by atoms with E-state index in [0.717, 1.165) is 38.3 Å². The van der Waals surface area contributed by atoms with Gasteiger partial charge in [0, 0.05) is 18.3 Å². The normalized spacial score (nSPS) is 14.9. The Hall–Kier alpha value is -3.92. The number of amides is 1. The Bertz CT molecular complexity index is 1760. The molecule has 272 valence electrons. The number of halogens is 5. The van der Waals surface area contributed by atoms with Crippen LogP contribution < -0.4 is 4.90 Å². The van der Waals surface area contributed by atoms with Gasteiger partial charge >= 0.3 is 5.97 Å². The van der Waals surface area contributed by atoms with Gasteiger partial charge in [0.15, 0.2) is 41.2 Å². The summed E-state index contributed by atoms with van der Waals surface area (Å²) < 4.78 is 107. The number of likely N-dealkylation sites (N-methyl/N-ethyl adjacent to an activating group) is 1. The highest BCUT2D eigenvalue weighted by molar-refractivity contribution is 7.89. The summed E-state index contributed by atoms with van der Waals surface area (Å²) in [5.74, 6) is -13.6. The molecule has 3 aromatic carbocycles. The molecule has 1 atom stereocenters. The maximum Gasteiger partial charge on any atom is 0.313 e. The highest BCUT2D eigenvalue weighted by atomic mass is 32.2. The lowest BCUT2D eigenvalue weighted by Gasteiger charge is -2.27. The first kappa shape index (κ1) is 38.9. The molecular formula is C35H39F5N2O7S. The fourth-order valence-corrected chi connectivity index (χ4v) is 6.67. The van der Waals surface area contributed by atoms with E-state index >= 15 is 0 Å². The van der Waals surface area contributed by atoms with Crippen molar-refractivity contribution >= 4 is 27.6 Å². The third kappa shape index (κ3) is 8.86. The van der Waals surface area contributed by atoms with E-state index in [1.807, 2.05) is 24.3 Å². The van der Waals surface area contributed by atoms with Crippen LogP contribution in [-0.4, -0.2) is 50.1 Å². The summed E-state index contributed by atoms with van der Waals surface area (Å²) >= 11 is 0. The van der Waals surface area contributed by atoms with Crippen molar-refractivity contribution in [3.05, 3.63) is 94.3 Å². The van der Waals surface area contributed by atoms with E-state index in [4.69, 9.17) is 9.47 Å². The first-order valence-corrected chi connectivity index (χ1v) is 17.3. The van der Waals surface area contributed by atoms with E-state index in [1.54, 1.807) is 20.8 Å². The number of rotatable bonds is 12. The lowest BCUT2D eigenvalue weighted by atomic mass is 9.84. The Morgan fingerprint density at radius 3 is 1.94 bits per heavy atom. The highest BCUT2D eigenvalue weighted by Gasteiger charge is 2.37. The molecule has 0 bridgehead atoms. The molecule has 0 heterocycles. The number of aliphatic hydroxyl groups excluding tert-OH is 1. The molecule has 1 aliphatic rings. The van der Waals surface area contributed by atoms with Crippen molar-refractivity contribution in [3.8, 4) is 0 Å². The van der Waals surface area contributed by atoms with Gasteiger partial charge in [-0.15, -0.1) is 0 Å². The number of hydrogen-bond donors (Lipinski definition) is 1. The molecule has 1 amide bonds. The Kier molecular flexibility index (Phi) is 12.4. The number of anilines is 1. The predicted molar refractivity (Wildman–Crippen MR) is 172 cm³/mol. The second kappa shape index (κ2) is 16.0. The van der Waals surface area contributed by atoms with Crippen LogP contribution in [0.25, 0.3) is 0 Å². The Labute approximate surface area is 287 Å². The smallest absolute Gasteiger partial charge is 0.313 e. The van der Waals surface area contributed by atoms with Crippen LogP contribution in [0, 0.1) is 34.5 Å². The molecule has 1 unspecified atom stereocenters. The maximum atomic E-state index is 14.5. The third-order valence-corrected chi connectivity index (χ3v) is 10.2. The quantitative estimate of drug-likeness (QED) is 0.0716. The molecule has 1 N–H and O–H groups in total. The number of benzene rings is 3. The molecule has 0 radical (unpaired) electrons. The first-order valence-electron chi connectivity index (χ1n) is 15.9. The minimum Gasteiger partial charge on any atom is -0.438 e. The minimum atomic E-state index is -5.40. The number of hydrogen-bond acceptors (Lipinski definition) is 7. The molecule has 0 aliphatic heterocycles. The summed E-state index contributed by atoms with van der Waals surface area (Å²) in [7, 11) is -4.63. The summed E-state index contributed by atoms with van der Waals surface area (Å²) in [6.07, 6.45) is 4.06. The molecule has 1 saturated carbocycles. The van der Waals surface area contributed by atoms with Crippen molar-refractivity contribution in [2.75, 3.05) is 25.3 Å². The van der Waals surface area contributed by atoms with Crippen molar-refractivity contribution in [2.45, 2.75) is 76.5 Å². The SMILES string of the molecule is CN(CC(=O)N(Cc1ccc(C2CCCCC2)cc1)c1ccc(C(O)OCOC(=O)C(C)(C)C)cc1)S(=O)(=O)c1c(F)c(F)c(F)c(F)c1F. The van der Waals surface area contributed by atoms with Gasteiger partial charge in [-0.1, -0.05) is 55.7 Å². The molecular weight excluding hydrogens is 687 g/mol. The van der Waals surface area contributed by atoms with E-state index in [2.05, 4.69) is 0 Å². The topological polar surface area (TPSA) is 113 Å². The molecule has 9 nitrogen and oxygen atoms in total. The molecule has 3 aromatic rings. The van der Waals surface area contributed by atoms with Gasteiger partial charge in [-0.2, -0.15) is 4.31 Å². The van der Waals surface area contributed by atoms with Crippen LogP contribution >= 0.6 is 0 Å². The fourth-order valence-electron chi connectivity index (χ4n) is 5.45. The van der Waals surface area contributed by atoms with Crippen molar-refractivity contribution in [2.24, 2.45) is 5.41 Å². The fraction of sp³-hybridized carbons (Fsp3) is 0.429. The number of ether oxygens (including phenoxy) is 2.